The van der Waals surface area contributed by atoms with Crippen molar-refractivity contribution in [1.82, 2.24) is 4.90 Å². The molecule has 0 bridgehead atoms. The molecule has 0 radical (unpaired) electrons. The van der Waals surface area contributed by atoms with Gasteiger partial charge in [-0.05, 0) is 25.5 Å². The summed E-state index contributed by atoms with van der Waals surface area (Å²) in [5.74, 6) is -3.50. The number of rotatable bonds is 5. The molecule has 0 saturated heterocycles. The fourth-order valence-electron chi connectivity index (χ4n) is 2.87. The highest BCUT2D eigenvalue weighted by molar-refractivity contribution is 5.85. The number of halogens is 3. The Morgan fingerprint density at radius 3 is 2.68 bits per heavy atom. The molecular weight excluding hydrogens is 297 g/mol. The van der Waals surface area contributed by atoms with Gasteiger partial charge in [-0.15, -0.1) is 0 Å². The van der Waals surface area contributed by atoms with E-state index in [1.165, 1.54) is 0 Å². The van der Waals surface area contributed by atoms with Crippen LogP contribution in [-0.4, -0.2) is 34.8 Å². The van der Waals surface area contributed by atoms with Crippen LogP contribution < -0.4 is 5.73 Å². The molecule has 2 aliphatic rings. The summed E-state index contributed by atoms with van der Waals surface area (Å²) in [7, 11) is 0. The van der Waals surface area contributed by atoms with Gasteiger partial charge in [0.05, 0.1) is 11.7 Å². The first-order valence-electron chi connectivity index (χ1n) is 6.97. The number of hydrogen-bond acceptors (Lipinski definition) is 3. The predicted molar refractivity (Wildman–Crippen MR) is 74.5 cm³/mol. The van der Waals surface area contributed by atoms with Crippen LogP contribution in [0.15, 0.2) is 35.1 Å². The Kier molecular flexibility index (Phi) is 4.17. The third-order valence-corrected chi connectivity index (χ3v) is 3.87. The minimum atomic E-state index is -2.28. The molecule has 0 aromatic carbocycles. The topological polar surface area (TPSA) is 63.4 Å². The number of nitrogens with zero attached hydrogens (tertiary/aromatic N) is 1. The summed E-state index contributed by atoms with van der Waals surface area (Å²) in [6.45, 7) is 2.85. The first-order valence-corrected chi connectivity index (χ1v) is 6.97. The van der Waals surface area contributed by atoms with E-state index >= 15 is 0 Å². The van der Waals surface area contributed by atoms with Crippen molar-refractivity contribution in [1.29, 1.82) is 0 Å². The normalized spacial score (nSPS) is 29.0. The zero-order valence-corrected chi connectivity index (χ0v) is 12.3. The highest BCUT2D eigenvalue weighted by atomic mass is 19.2. The average molecular weight is 314 g/mol. The molecule has 4 nitrogen and oxygen atoms in total. The predicted octanol–water partition coefficient (Wildman–Crippen LogP) is 2.23. The zero-order chi connectivity index (χ0) is 16.7. The number of carbonyl (C=O) groups excluding carboxylic acids is 2. The van der Waals surface area contributed by atoms with Crippen molar-refractivity contribution < 1.29 is 22.8 Å². The molecule has 0 aromatic rings. The third-order valence-electron chi connectivity index (χ3n) is 3.87. The van der Waals surface area contributed by atoms with E-state index in [9.17, 15) is 22.8 Å². The highest BCUT2D eigenvalue weighted by Gasteiger charge is 2.48. The minimum Gasteiger partial charge on any atom is -0.368 e. The molecule has 22 heavy (non-hydrogen) atoms. The van der Waals surface area contributed by atoms with Crippen molar-refractivity contribution in [3.63, 3.8) is 0 Å². The van der Waals surface area contributed by atoms with Crippen LogP contribution in [0, 0.1) is 0 Å². The highest BCUT2D eigenvalue weighted by Crippen LogP contribution is 2.46. The summed E-state index contributed by atoms with van der Waals surface area (Å²) < 4.78 is 42.5. The number of alkyl halides is 1. The van der Waals surface area contributed by atoms with E-state index in [-0.39, 0.29) is 5.57 Å². The molecule has 3 atom stereocenters. The van der Waals surface area contributed by atoms with E-state index in [0.29, 0.717) is 25.2 Å². The maximum atomic E-state index is 14.6. The fourth-order valence-corrected chi connectivity index (χ4v) is 2.87. The van der Waals surface area contributed by atoms with Crippen molar-refractivity contribution >= 4 is 12.2 Å². The second kappa shape index (κ2) is 5.62. The van der Waals surface area contributed by atoms with Crippen molar-refractivity contribution in [2.75, 3.05) is 0 Å². The van der Waals surface area contributed by atoms with Crippen LogP contribution in [0.25, 0.3) is 0 Å². The molecule has 0 spiro atoms. The van der Waals surface area contributed by atoms with Gasteiger partial charge in [0, 0.05) is 5.57 Å². The smallest absolute Gasteiger partial charge is 0.244 e. The number of carbonyl (C=O) groups is 2. The van der Waals surface area contributed by atoms with Gasteiger partial charge in [0.2, 0.25) is 5.91 Å². The van der Waals surface area contributed by atoms with Crippen LogP contribution in [-0.2, 0) is 9.59 Å². The molecule has 1 amide bonds. The monoisotopic (exact) mass is 314 g/mol. The van der Waals surface area contributed by atoms with Gasteiger partial charge in [-0.3, -0.25) is 4.79 Å². The number of fused-ring (bicyclic) bond motifs is 1. The summed E-state index contributed by atoms with van der Waals surface area (Å²) >= 11 is 0. The molecular formula is C15H17F3N2O2. The number of aldehydes is 1. The average Bonchev–Trinajstić information content (AvgIpc) is 2.83. The van der Waals surface area contributed by atoms with Crippen LogP contribution in [0.5, 0.6) is 0 Å². The summed E-state index contributed by atoms with van der Waals surface area (Å²) in [6, 6.07) is -2.08. The minimum absolute atomic E-state index is 0.182. The standard InChI is InChI=1S/C15H17F3N2O2/c1-3-4-8(7-21)20-11(14(19)22)5-9-13(20)12(17)10(16)6-15(9,2)18/h5-8,11H,3-4H2,1-2H3,(H2,19,22)/t8-,11?,15?/m0/s1. The van der Waals surface area contributed by atoms with Gasteiger partial charge in [-0.1, -0.05) is 13.3 Å². The Morgan fingerprint density at radius 2 is 2.18 bits per heavy atom. The summed E-state index contributed by atoms with van der Waals surface area (Å²) in [5, 5.41) is 0. The molecule has 0 saturated carbocycles. The lowest BCUT2D eigenvalue weighted by Crippen LogP contribution is -2.47. The van der Waals surface area contributed by atoms with E-state index < -0.39 is 41.0 Å². The van der Waals surface area contributed by atoms with Crippen molar-refractivity contribution in [2.45, 2.75) is 44.4 Å². The molecule has 7 heteroatoms. The van der Waals surface area contributed by atoms with Crippen LogP contribution >= 0.6 is 0 Å². The van der Waals surface area contributed by atoms with Gasteiger partial charge in [0.1, 0.15) is 12.3 Å². The van der Waals surface area contributed by atoms with Crippen molar-refractivity contribution in [3.8, 4) is 0 Å². The second-order valence-corrected chi connectivity index (χ2v) is 5.56. The molecule has 1 aliphatic carbocycles. The molecule has 0 aromatic heterocycles. The fraction of sp³-hybridized carbons (Fsp3) is 0.467. The Bertz CT molecular complexity index is 608. The van der Waals surface area contributed by atoms with Gasteiger partial charge in [-0.25, -0.2) is 13.2 Å². The molecule has 1 aliphatic heterocycles. The third kappa shape index (κ3) is 2.44. The Hall–Kier alpha value is -2.05. The van der Waals surface area contributed by atoms with E-state index in [2.05, 4.69) is 0 Å². The Labute approximate surface area is 126 Å². The summed E-state index contributed by atoms with van der Waals surface area (Å²) in [6.07, 6.45) is 3.07. The maximum Gasteiger partial charge on any atom is 0.244 e. The second-order valence-electron chi connectivity index (χ2n) is 5.56. The molecule has 120 valence electrons. The molecule has 2 unspecified atom stereocenters. The van der Waals surface area contributed by atoms with Gasteiger partial charge < -0.3 is 15.4 Å². The molecule has 2 N–H and O–H groups in total. The zero-order valence-electron chi connectivity index (χ0n) is 12.3. The van der Waals surface area contributed by atoms with Crippen LogP contribution in [0.2, 0.25) is 0 Å². The molecule has 1 heterocycles. The maximum absolute atomic E-state index is 14.6. The van der Waals surface area contributed by atoms with Gasteiger partial charge in [0.15, 0.2) is 17.3 Å². The van der Waals surface area contributed by atoms with Gasteiger partial charge >= 0.3 is 0 Å². The number of amides is 1. The van der Waals surface area contributed by atoms with Crippen LogP contribution in [0.1, 0.15) is 26.7 Å². The largest absolute Gasteiger partial charge is 0.368 e. The van der Waals surface area contributed by atoms with Crippen molar-refractivity contribution in [2.24, 2.45) is 5.73 Å². The lowest BCUT2D eigenvalue weighted by Gasteiger charge is -2.34. The number of nitrogens with two attached hydrogens (primary N) is 1. The lowest BCUT2D eigenvalue weighted by molar-refractivity contribution is -0.122. The van der Waals surface area contributed by atoms with E-state index in [0.717, 1.165) is 17.9 Å². The van der Waals surface area contributed by atoms with Crippen LogP contribution in [0.4, 0.5) is 13.2 Å². The number of primary amides is 1. The summed E-state index contributed by atoms with van der Waals surface area (Å²) in [4.78, 5) is 24.0. The number of hydrogen-bond donors (Lipinski definition) is 1. The Morgan fingerprint density at radius 1 is 1.55 bits per heavy atom. The molecule has 0 fully saturated rings. The lowest BCUT2D eigenvalue weighted by atomic mass is 9.90. The number of allylic oxidation sites excluding steroid dienone is 4. The first-order chi connectivity index (χ1) is 10.2. The van der Waals surface area contributed by atoms with Gasteiger partial charge in [0.25, 0.3) is 0 Å². The van der Waals surface area contributed by atoms with E-state index in [4.69, 9.17) is 5.73 Å². The van der Waals surface area contributed by atoms with Gasteiger partial charge in [-0.2, -0.15) is 0 Å². The quantitative estimate of drug-likeness (QED) is 0.792. The first kappa shape index (κ1) is 16.3. The SMILES string of the molecule is CCC[C@@H](C=O)N1C2=C(F)C(F)=CC(C)(F)C2=CC1C(N)=O. The Balaban J connectivity index is 2.62. The van der Waals surface area contributed by atoms with Crippen LogP contribution in [0.3, 0.4) is 0 Å². The van der Waals surface area contributed by atoms with Crippen molar-refractivity contribution in [3.05, 3.63) is 35.1 Å². The van der Waals surface area contributed by atoms with E-state index in [1.54, 1.807) is 6.92 Å². The summed E-state index contributed by atoms with van der Waals surface area (Å²) in [5.41, 5.74) is 2.41. The van der Waals surface area contributed by atoms with E-state index in [1.807, 2.05) is 0 Å². The molecule has 2 rings (SSSR count).